The second-order valence-electron chi connectivity index (χ2n) is 11.4. The van der Waals surface area contributed by atoms with Crippen molar-refractivity contribution >= 4 is 18.0 Å². The molecule has 0 aromatic heterocycles. The van der Waals surface area contributed by atoms with E-state index in [9.17, 15) is 18.8 Å². The van der Waals surface area contributed by atoms with Gasteiger partial charge in [-0.3, -0.25) is 9.69 Å². The van der Waals surface area contributed by atoms with E-state index in [-0.39, 0.29) is 30.4 Å². The zero-order chi connectivity index (χ0) is 27.9. The van der Waals surface area contributed by atoms with Crippen molar-refractivity contribution in [2.24, 2.45) is 11.8 Å². The van der Waals surface area contributed by atoms with Crippen LogP contribution in [0.4, 0.5) is 9.18 Å². The molecule has 1 saturated heterocycles. The highest BCUT2D eigenvalue weighted by Crippen LogP contribution is 2.32. The highest BCUT2D eigenvalue weighted by Gasteiger charge is 2.41. The van der Waals surface area contributed by atoms with Crippen molar-refractivity contribution in [3.8, 4) is 0 Å². The van der Waals surface area contributed by atoms with E-state index in [2.05, 4.69) is 0 Å². The fraction of sp³-hybridized carbons (Fsp3) is 0.690. The molecule has 0 spiro atoms. The van der Waals surface area contributed by atoms with Crippen LogP contribution in [0.2, 0.25) is 0 Å². The Kier molecular flexibility index (Phi) is 10.5. The summed E-state index contributed by atoms with van der Waals surface area (Å²) in [6.07, 6.45) is 3.55. The molecule has 1 amide bonds. The Bertz CT molecular complexity index is 939. The van der Waals surface area contributed by atoms with Crippen molar-refractivity contribution in [2.45, 2.75) is 103 Å². The molecule has 0 radical (unpaired) electrons. The fourth-order valence-corrected chi connectivity index (χ4v) is 5.31. The molecule has 1 aliphatic heterocycles. The number of carbonyl (C=O) groups excluding carboxylic acids is 3. The first kappa shape index (κ1) is 29.9. The molecule has 9 heteroatoms. The smallest absolute Gasteiger partial charge is 0.412 e. The number of ether oxygens (including phenoxy) is 4. The number of methoxy groups -OCH3 is 1. The Morgan fingerprint density at radius 1 is 1.05 bits per heavy atom. The molecule has 4 atom stereocenters. The molecule has 4 unspecified atom stereocenters. The third-order valence-corrected chi connectivity index (χ3v) is 7.18. The number of hydrogen-bond donors (Lipinski definition) is 0. The quantitative estimate of drug-likeness (QED) is 0.262. The first-order chi connectivity index (χ1) is 18.0. The summed E-state index contributed by atoms with van der Waals surface area (Å²) < 4.78 is 36.2. The average Bonchev–Trinajstić information content (AvgIpc) is 3.39. The minimum absolute atomic E-state index is 0.137. The predicted molar refractivity (Wildman–Crippen MR) is 139 cm³/mol. The SMILES string of the molecule is COCN(C(=O)OC(C)(C)C)C1CCCC(Cc2ccc(F)cc2)C(OC(=O)C2CCCC2)C(C)OC1=O. The monoisotopic (exact) mass is 535 g/mol. The van der Waals surface area contributed by atoms with Crippen molar-refractivity contribution in [2.75, 3.05) is 13.8 Å². The maximum absolute atomic E-state index is 13.5. The van der Waals surface area contributed by atoms with Gasteiger partial charge in [0, 0.05) is 13.0 Å². The van der Waals surface area contributed by atoms with Crippen molar-refractivity contribution in [3.05, 3.63) is 35.6 Å². The number of rotatable bonds is 7. The number of halogens is 1. The van der Waals surface area contributed by atoms with Crippen LogP contribution >= 0.6 is 0 Å². The first-order valence-electron chi connectivity index (χ1n) is 13.6. The van der Waals surface area contributed by atoms with Gasteiger partial charge in [-0.2, -0.15) is 0 Å². The Balaban J connectivity index is 1.86. The molecule has 2 fully saturated rings. The second kappa shape index (κ2) is 13.4. The molecule has 2 aliphatic rings. The Labute approximate surface area is 225 Å². The summed E-state index contributed by atoms with van der Waals surface area (Å²) in [7, 11) is 1.44. The van der Waals surface area contributed by atoms with Crippen LogP contribution in [0.15, 0.2) is 24.3 Å². The largest absolute Gasteiger partial charge is 0.458 e. The molecule has 1 heterocycles. The van der Waals surface area contributed by atoms with Gasteiger partial charge in [-0.1, -0.05) is 31.4 Å². The molecule has 1 saturated carbocycles. The van der Waals surface area contributed by atoms with Crippen molar-refractivity contribution in [3.63, 3.8) is 0 Å². The van der Waals surface area contributed by atoms with Gasteiger partial charge in [0.25, 0.3) is 0 Å². The molecule has 1 aromatic carbocycles. The van der Waals surface area contributed by atoms with Crippen LogP contribution in [-0.2, 0) is 35.0 Å². The van der Waals surface area contributed by atoms with E-state index in [4.69, 9.17) is 18.9 Å². The van der Waals surface area contributed by atoms with Gasteiger partial charge in [-0.15, -0.1) is 0 Å². The Morgan fingerprint density at radius 3 is 2.32 bits per heavy atom. The number of amides is 1. The van der Waals surface area contributed by atoms with E-state index in [1.54, 1.807) is 39.8 Å². The van der Waals surface area contributed by atoms with E-state index in [1.807, 2.05) is 0 Å². The van der Waals surface area contributed by atoms with E-state index in [1.165, 1.54) is 24.1 Å². The lowest BCUT2D eigenvalue weighted by molar-refractivity contribution is -0.176. The van der Waals surface area contributed by atoms with Crippen LogP contribution in [0.1, 0.15) is 78.2 Å². The van der Waals surface area contributed by atoms with Crippen LogP contribution in [0.25, 0.3) is 0 Å². The van der Waals surface area contributed by atoms with Crippen LogP contribution in [0, 0.1) is 17.7 Å². The standard InChI is InChI=1S/C29H42FNO7/c1-19-25(37-26(32)21-9-6-7-10-21)22(17-20-13-15-23(30)16-14-20)11-8-12-24(27(33)36-19)31(18-35-5)28(34)38-29(2,3)4/h13-16,19,21-22,24-25H,6-12,17-18H2,1-5H3. The summed E-state index contributed by atoms with van der Waals surface area (Å²) in [6, 6.07) is 5.35. The van der Waals surface area contributed by atoms with Crippen LogP contribution in [0.5, 0.6) is 0 Å². The van der Waals surface area contributed by atoms with Gasteiger partial charge in [0.15, 0.2) is 0 Å². The number of hydrogen-bond acceptors (Lipinski definition) is 7. The van der Waals surface area contributed by atoms with Crippen molar-refractivity contribution < 1.29 is 37.7 Å². The number of esters is 2. The molecule has 0 N–H and O–H groups in total. The summed E-state index contributed by atoms with van der Waals surface area (Å²) >= 11 is 0. The van der Waals surface area contributed by atoms with E-state index in [0.717, 1.165) is 31.2 Å². The van der Waals surface area contributed by atoms with Crippen molar-refractivity contribution in [1.29, 1.82) is 0 Å². The highest BCUT2D eigenvalue weighted by atomic mass is 19.1. The van der Waals surface area contributed by atoms with E-state index >= 15 is 0 Å². The third-order valence-electron chi connectivity index (χ3n) is 7.18. The summed E-state index contributed by atoms with van der Waals surface area (Å²) in [6.45, 7) is 6.84. The maximum atomic E-state index is 13.5. The minimum Gasteiger partial charge on any atom is -0.458 e. The topological polar surface area (TPSA) is 91.4 Å². The Hall–Kier alpha value is -2.68. The maximum Gasteiger partial charge on any atom is 0.412 e. The van der Waals surface area contributed by atoms with Crippen LogP contribution in [0.3, 0.4) is 0 Å². The van der Waals surface area contributed by atoms with Crippen LogP contribution in [-0.4, -0.2) is 60.6 Å². The molecule has 0 bridgehead atoms. The number of cyclic esters (lactones) is 1. The van der Waals surface area contributed by atoms with Gasteiger partial charge < -0.3 is 18.9 Å². The van der Waals surface area contributed by atoms with Gasteiger partial charge in [-0.25, -0.2) is 14.0 Å². The number of benzene rings is 1. The van der Waals surface area contributed by atoms with Gasteiger partial charge in [0.2, 0.25) is 0 Å². The molecule has 1 aliphatic carbocycles. The summed E-state index contributed by atoms with van der Waals surface area (Å²) in [5.41, 5.74) is 0.154. The molecule has 38 heavy (non-hydrogen) atoms. The highest BCUT2D eigenvalue weighted by molar-refractivity contribution is 5.81. The van der Waals surface area contributed by atoms with Crippen molar-refractivity contribution in [1.82, 2.24) is 4.90 Å². The molecule has 1 aromatic rings. The number of nitrogens with zero attached hydrogens (tertiary/aromatic N) is 1. The average molecular weight is 536 g/mol. The molecule has 212 valence electrons. The first-order valence-corrected chi connectivity index (χ1v) is 13.6. The number of carbonyl (C=O) groups is 3. The summed E-state index contributed by atoms with van der Waals surface area (Å²) in [5, 5.41) is 0. The van der Waals surface area contributed by atoms with Gasteiger partial charge in [0.05, 0.1) is 5.92 Å². The summed E-state index contributed by atoms with van der Waals surface area (Å²) in [4.78, 5) is 40.7. The Morgan fingerprint density at radius 2 is 1.71 bits per heavy atom. The minimum atomic E-state index is -0.914. The third kappa shape index (κ3) is 8.41. The normalized spacial score (nSPS) is 25.1. The van der Waals surface area contributed by atoms with Gasteiger partial charge in [0.1, 0.15) is 36.4 Å². The van der Waals surface area contributed by atoms with E-state index in [0.29, 0.717) is 25.7 Å². The lowest BCUT2D eigenvalue weighted by Crippen LogP contribution is -2.49. The molecular weight excluding hydrogens is 493 g/mol. The van der Waals surface area contributed by atoms with Crippen LogP contribution < -0.4 is 0 Å². The molecular formula is C29H42FNO7. The summed E-state index contributed by atoms with van der Waals surface area (Å²) in [5.74, 6) is -1.48. The van der Waals surface area contributed by atoms with E-state index < -0.39 is 35.9 Å². The fourth-order valence-electron chi connectivity index (χ4n) is 5.31. The van der Waals surface area contributed by atoms with Gasteiger partial charge >= 0.3 is 18.0 Å². The zero-order valence-electron chi connectivity index (χ0n) is 23.2. The molecule has 8 nitrogen and oxygen atoms in total. The lowest BCUT2D eigenvalue weighted by atomic mass is 9.86. The second-order valence-corrected chi connectivity index (χ2v) is 11.4. The van der Waals surface area contributed by atoms with Gasteiger partial charge in [-0.05, 0) is 77.5 Å². The zero-order valence-corrected chi connectivity index (χ0v) is 23.2. The predicted octanol–water partition coefficient (Wildman–Crippen LogP) is 5.41. The molecule has 3 rings (SSSR count). The lowest BCUT2D eigenvalue weighted by Gasteiger charge is -2.33.